The lowest BCUT2D eigenvalue weighted by atomic mass is 9.48. The Bertz CT molecular complexity index is 1330. The van der Waals surface area contributed by atoms with Gasteiger partial charge in [0.1, 0.15) is 29.4 Å². The summed E-state index contributed by atoms with van der Waals surface area (Å²) in [4.78, 5) is 25.6. The van der Waals surface area contributed by atoms with Gasteiger partial charge in [-0.15, -0.1) is 0 Å². The Morgan fingerprint density at radius 1 is 0.868 bits per heavy atom. The van der Waals surface area contributed by atoms with Gasteiger partial charge in [-0.3, -0.25) is 0 Å². The Morgan fingerprint density at radius 3 is 2.18 bits per heavy atom. The van der Waals surface area contributed by atoms with E-state index in [4.69, 9.17) is 14.2 Å². The number of carbonyl (C=O) groups is 2. The van der Waals surface area contributed by atoms with Crippen LogP contribution in [0.1, 0.15) is 70.4 Å². The average molecular weight is 513 g/mol. The van der Waals surface area contributed by atoms with E-state index in [-0.39, 0.29) is 29.1 Å². The minimum Gasteiger partial charge on any atom is -0.507 e. The van der Waals surface area contributed by atoms with Crippen LogP contribution in [0.4, 0.5) is 0 Å². The topological polar surface area (TPSA) is 82.1 Å². The summed E-state index contributed by atoms with van der Waals surface area (Å²) in [7, 11) is 1.69. The maximum atomic E-state index is 13.1. The molecule has 6 heteroatoms. The number of aromatic hydroxyl groups is 1. The van der Waals surface area contributed by atoms with Crippen molar-refractivity contribution in [2.75, 3.05) is 7.11 Å². The van der Waals surface area contributed by atoms with Crippen molar-refractivity contribution in [1.82, 2.24) is 0 Å². The van der Waals surface area contributed by atoms with Gasteiger partial charge >= 0.3 is 11.9 Å². The van der Waals surface area contributed by atoms with Crippen molar-refractivity contribution in [3.63, 3.8) is 0 Å². The molecule has 4 saturated carbocycles. The van der Waals surface area contributed by atoms with Crippen LogP contribution in [0.3, 0.4) is 0 Å². The zero-order valence-corrected chi connectivity index (χ0v) is 21.5. The van der Waals surface area contributed by atoms with E-state index >= 15 is 0 Å². The molecule has 6 nitrogen and oxygen atoms in total. The number of methoxy groups -OCH3 is 1. The van der Waals surface area contributed by atoms with Crippen molar-refractivity contribution in [3.05, 3.63) is 89.0 Å². The van der Waals surface area contributed by atoms with Crippen LogP contribution < -0.4 is 9.47 Å². The molecule has 7 rings (SSSR count). The second-order valence-corrected chi connectivity index (χ2v) is 11.2. The zero-order valence-electron chi connectivity index (χ0n) is 21.5. The van der Waals surface area contributed by atoms with E-state index in [1.54, 1.807) is 13.2 Å². The largest absolute Gasteiger partial charge is 0.507 e. The van der Waals surface area contributed by atoms with Crippen molar-refractivity contribution in [2.24, 2.45) is 17.8 Å². The molecule has 0 radical (unpaired) electrons. The molecule has 0 unspecified atom stereocenters. The number of phenols is 1. The van der Waals surface area contributed by atoms with Gasteiger partial charge in [-0.05, 0) is 97.6 Å². The van der Waals surface area contributed by atoms with Gasteiger partial charge in [0.15, 0.2) is 0 Å². The van der Waals surface area contributed by atoms with Crippen LogP contribution in [-0.4, -0.2) is 24.2 Å². The molecule has 4 aliphatic carbocycles. The molecule has 4 fully saturated rings. The Kier molecular flexibility index (Phi) is 6.34. The maximum absolute atomic E-state index is 13.1. The molecule has 38 heavy (non-hydrogen) atoms. The van der Waals surface area contributed by atoms with E-state index in [0.29, 0.717) is 5.56 Å². The Labute approximate surface area is 222 Å². The molecular formula is C32H32O6. The predicted molar refractivity (Wildman–Crippen MR) is 141 cm³/mol. The van der Waals surface area contributed by atoms with Crippen molar-refractivity contribution < 1.29 is 28.9 Å². The molecule has 0 saturated heterocycles. The summed E-state index contributed by atoms with van der Waals surface area (Å²) in [6.45, 7) is 0.0966. The number of esters is 2. The number of benzene rings is 3. The van der Waals surface area contributed by atoms with Gasteiger partial charge in [-0.2, -0.15) is 0 Å². The fraction of sp³-hybridized carbons (Fsp3) is 0.375. The standard InChI is InChI=1S/C32H32O6/c1-36-29-10-7-24(14-27(29)32-16-21-11-22(17-32)13-23(12-21)18-32)30(34)38-25-8-9-26(28(33)15-25)31(35)37-19-20-5-3-2-4-6-20/h2-10,14-15,21-23,33H,11-13,16-19H2,1H3. The van der Waals surface area contributed by atoms with E-state index in [9.17, 15) is 14.7 Å². The van der Waals surface area contributed by atoms with E-state index in [1.165, 1.54) is 37.5 Å². The fourth-order valence-electron chi connectivity index (χ4n) is 7.40. The first-order chi connectivity index (χ1) is 18.4. The van der Waals surface area contributed by atoms with E-state index in [0.717, 1.165) is 53.9 Å². The van der Waals surface area contributed by atoms with Crippen LogP contribution in [-0.2, 0) is 16.8 Å². The van der Waals surface area contributed by atoms with E-state index in [1.807, 2.05) is 42.5 Å². The fourth-order valence-corrected chi connectivity index (χ4v) is 7.40. The van der Waals surface area contributed by atoms with Crippen LogP contribution in [0.5, 0.6) is 17.2 Å². The molecule has 3 aromatic carbocycles. The molecule has 0 aliphatic heterocycles. The van der Waals surface area contributed by atoms with Crippen LogP contribution in [0.2, 0.25) is 0 Å². The van der Waals surface area contributed by atoms with Gasteiger partial charge in [0.05, 0.1) is 12.7 Å². The maximum Gasteiger partial charge on any atom is 0.343 e. The summed E-state index contributed by atoms with van der Waals surface area (Å²) in [6, 6.07) is 19.0. The van der Waals surface area contributed by atoms with Gasteiger partial charge in [0.2, 0.25) is 0 Å². The first kappa shape index (κ1) is 24.5. The van der Waals surface area contributed by atoms with Crippen molar-refractivity contribution >= 4 is 11.9 Å². The van der Waals surface area contributed by atoms with Crippen molar-refractivity contribution in [3.8, 4) is 17.2 Å². The third-order valence-electron chi connectivity index (χ3n) is 8.66. The molecule has 4 aliphatic rings. The van der Waals surface area contributed by atoms with Crippen LogP contribution >= 0.6 is 0 Å². The highest BCUT2D eigenvalue weighted by molar-refractivity contribution is 5.94. The van der Waals surface area contributed by atoms with Crippen LogP contribution in [0.15, 0.2) is 66.7 Å². The lowest BCUT2D eigenvalue weighted by molar-refractivity contribution is -0.00618. The molecular weight excluding hydrogens is 480 g/mol. The third-order valence-corrected chi connectivity index (χ3v) is 8.66. The van der Waals surface area contributed by atoms with Gasteiger partial charge < -0.3 is 19.3 Å². The second-order valence-electron chi connectivity index (χ2n) is 11.2. The zero-order chi connectivity index (χ0) is 26.3. The minimum absolute atomic E-state index is 0.00859. The van der Waals surface area contributed by atoms with Gasteiger partial charge in [0.25, 0.3) is 0 Å². The molecule has 3 aromatic rings. The number of carbonyl (C=O) groups excluding carboxylic acids is 2. The van der Waals surface area contributed by atoms with E-state index in [2.05, 4.69) is 0 Å². The quantitative estimate of drug-likeness (QED) is 0.290. The smallest absolute Gasteiger partial charge is 0.343 e. The van der Waals surface area contributed by atoms with Crippen LogP contribution in [0.25, 0.3) is 0 Å². The highest BCUT2D eigenvalue weighted by Gasteiger charge is 2.52. The lowest BCUT2D eigenvalue weighted by Crippen LogP contribution is -2.48. The normalized spacial score (nSPS) is 25.1. The number of hydrogen-bond acceptors (Lipinski definition) is 6. The SMILES string of the molecule is COc1ccc(C(=O)Oc2ccc(C(=O)OCc3ccccc3)c(O)c2)cc1C12CC3CC(CC(C3)C1)C2. The van der Waals surface area contributed by atoms with Crippen molar-refractivity contribution in [2.45, 2.75) is 50.5 Å². The average Bonchev–Trinajstić information content (AvgIpc) is 2.91. The first-order valence-electron chi connectivity index (χ1n) is 13.4. The molecule has 0 spiro atoms. The molecule has 0 heterocycles. The predicted octanol–water partition coefficient (Wildman–Crippen LogP) is 6.44. The van der Waals surface area contributed by atoms with Gasteiger partial charge in [-0.1, -0.05) is 30.3 Å². The Hall–Kier alpha value is -3.80. The molecule has 1 N–H and O–H groups in total. The van der Waals surface area contributed by atoms with Crippen LogP contribution in [0, 0.1) is 17.8 Å². The second kappa shape index (κ2) is 9.82. The Balaban J connectivity index is 1.18. The molecule has 196 valence electrons. The summed E-state index contributed by atoms with van der Waals surface area (Å²) >= 11 is 0. The molecule has 0 amide bonds. The monoisotopic (exact) mass is 512 g/mol. The Morgan fingerprint density at radius 2 is 1.55 bits per heavy atom. The summed E-state index contributed by atoms with van der Waals surface area (Å²) in [5.41, 5.74) is 2.49. The lowest BCUT2D eigenvalue weighted by Gasteiger charge is -2.57. The minimum atomic E-state index is -0.653. The summed E-state index contributed by atoms with van der Waals surface area (Å²) in [5, 5.41) is 10.4. The van der Waals surface area contributed by atoms with Crippen molar-refractivity contribution in [1.29, 1.82) is 0 Å². The number of hydrogen-bond donors (Lipinski definition) is 1. The highest BCUT2D eigenvalue weighted by atomic mass is 16.5. The molecule has 0 atom stereocenters. The number of rotatable bonds is 7. The third kappa shape index (κ3) is 4.64. The summed E-state index contributed by atoms with van der Waals surface area (Å²) < 4.78 is 16.7. The van der Waals surface area contributed by atoms with Gasteiger partial charge in [-0.25, -0.2) is 9.59 Å². The number of phenolic OH excluding ortho intramolecular Hbond substituents is 1. The van der Waals surface area contributed by atoms with E-state index < -0.39 is 11.9 Å². The summed E-state index contributed by atoms with van der Waals surface area (Å²) in [5.74, 6) is 1.81. The van der Waals surface area contributed by atoms with Gasteiger partial charge in [0, 0.05) is 11.6 Å². The highest BCUT2D eigenvalue weighted by Crippen LogP contribution is 2.62. The number of ether oxygens (including phenoxy) is 3. The summed E-state index contributed by atoms with van der Waals surface area (Å²) in [6.07, 6.45) is 7.48. The molecule has 4 bridgehead atoms. The first-order valence-corrected chi connectivity index (χ1v) is 13.4. The molecule has 0 aromatic heterocycles.